The maximum absolute atomic E-state index is 11.0. The summed E-state index contributed by atoms with van der Waals surface area (Å²) in [4.78, 5) is 31.9. The van der Waals surface area contributed by atoms with E-state index in [4.69, 9.17) is 5.11 Å². The van der Waals surface area contributed by atoms with Gasteiger partial charge in [-0.05, 0) is 0 Å². The molecule has 4 N–H and O–H groups in total. The van der Waals surface area contributed by atoms with Gasteiger partial charge in [0, 0.05) is 0 Å². The van der Waals surface area contributed by atoms with Crippen LogP contribution in [0, 0.1) is 0 Å². The molecule has 1 saturated heterocycles. The standard InChI is InChI=1S/C6H8N2O5/c9-3-1-6(13,2-4(10)11)5(12)8-7-3/h13H,1-2H2,(H,7,9)(H,8,12)(H,10,11). The molecule has 0 aromatic carbocycles. The van der Waals surface area contributed by atoms with Crippen LogP contribution in [-0.2, 0) is 14.4 Å². The number of carbonyl (C=O) groups excluding carboxylic acids is 2. The van der Waals surface area contributed by atoms with Crippen molar-refractivity contribution < 1.29 is 24.6 Å². The Morgan fingerprint density at radius 1 is 1.46 bits per heavy atom. The molecule has 2 amide bonds. The third-order valence-electron chi connectivity index (χ3n) is 1.63. The van der Waals surface area contributed by atoms with Crippen LogP contribution in [0.15, 0.2) is 0 Å². The summed E-state index contributed by atoms with van der Waals surface area (Å²) < 4.78 is 0. The van der Waals surface area contributed by atoms with Crippen molar-refractivity contribution in [2.45, 2.75) is 18.4 Å². The van der Waals surface area contributed by atoms with E-state index < -0.39 is 36.2 Å². The number of hydrogen-bond acceptors (Lipinski definition) is 4. The molecule has 0 saturated carbocycles. The number of hydrazine groups is 1. The smallest absolute Gasteiger partial charge is 0.306 e. The van der Waals surface area contributed by atoms with Gasteiger partial charge in [0.1, 0.15) is 0 Å². The van der Waals surface area contributed by atoms with Gasteiger partial charge in [0.25, 0.3) is 5.91 Å². The third kappa shape index (κ3) is 1.94. The monoisotopic (exact) mass is 188 g/mol. The number of hydrogen-bond donors (Lipinski definition) is 4. The molecule has 0 aromatic rings. The van der Waals surface area contributed by atoms with Crippen molar-refractivity contribution in [2.75, 3.05) is 0 Å². The number of carbonyl (C=O) groups is 3. The summed E-state index contributed by atoms with van der Waals surface area (Å²) in [5, 5.41) is 17.8. The Morgan fingerprint density at radius 3 is 2.62 bits per heavy atom. The van der Waals surface area contributed by atoms with Crippen molar-refractivity contribution in [1.29, 1.82) is 0 Å². The van der Waals surface area contributed by atoms with Gasteiger partial charge in [-0.2, -0.15) is 0 Å². The molecule has 1 rings (SSSR count). The number of rotatable bonds is 2. The number of aliphatic carboxylic acids is 1. The van der Waals surface area contributed by atoms with Gasteiger partial charge in [-0.1, -0.05) is 0 Å². The average Bonchev–Trinajstić information content (AvgIpc) is 1.95. The van der Waals surface area contributed by atoms with Crippen LogP contribution in [0.2, 0.25) is 0 Å². The second-order valence-corrected chi connectivity index (χ2v) is 2.78. The van der Waals surface area contributed by atoms with Crippen LogP contribution < -0.4 is 10.9 Å². The van der Waals surface area contributed by atoms with Gasteiger partial charge in [0.05, 0.1) is 12.8 Å². The molecule has 0 radical (unpaired) electrons. The lowest BCUT2D eigenvalue weighted by atomic mass is 9.93. The van der Waals surface area contributed by atoms with Crippen LogP contribution in [0.1, 0.15) is 12.8 Å². The van der Waals surface area contributed by atoms with Crippen molar-refractivity contribution in [3.8, 4) is 0 Å². The van der Waals surface area contributed by atoms with Crippen molar-refractivity contribution in [1.82, 2.24) is 10.9 Å². The van der Waals surface area contributed by atoms with Crippen molar-refractivity contribution in [3.05, 3.63) is 0 Å². The zero-order valence-electron chi connectivity index (χ0n) is 6.53. The molecule has 72 valence electrons. The van der Waals surface area contributed by atoms with Crippen LogP contribution in [0.3, 0.4) is 0 Å². The molecule has 0 aliphatic carbocycles. The number of carboxylic acids is 1. The van der Waals surface area contributed by atoms with E-state index in [1.807, 2.05) is 10.9 Å². The van der Waals surface area contributed by atoms with E-state index in [-0.39, 0.29) is 0 Å². The highest BCUT2D eigenvalue weighted by Crippen LogP contribution is 2.17. The van der Waals surface area contributed by atoms with Crippen LogP contribution in [-0.4, -0.2) is 33.6 Å². The van der Waals surface area contributed by atoms with E-state index in [0.717, 1.165) is 0 Å². The van der Waals surface area contributed by atoms with Gasteiger partial charge in [0.15, 0.2) is 5.60 Å². The van der Waals surface area contributed by atoms with E-state index >= 15 is 0 Å². The topological polar surface area (TPSA) is 116 Å². The van der Waals surface area contributed by atoms with E-state index in [1.54, 1.807) is 0 Å². The summed E-state index contributed by atoms with van der Waals surface area (Å²) in [5.41, 5.74) is 1.71. The molecule has 7 nitrogen and oxygen atoms in total. The van der Waals surface area contributed by atoms with Gasteiger partial charge < -0.3 is 10.2 Å². The van der Waals surface area contributed by atoms with Crippen LogP contribution in [0.5, 0.6) is 0 Å². The van der Waals surface area contributed by atoms with Crippen molar-refractivity contribution in [2.24, 2.45) is 0 Å². The predicted octanol–water partition coefficient (Wildman–Crippen LogP) is -2.26. The number of carboxylic acid groups (broad SMARTS) is 1. The molecule has 0 bridgehead atoms. The molecular formula is C6H8N2O5. The van der Waals surface area contributed by atoms with Gasteiger partial charge in [-0.3, -0.25) is 25.2 Å². The van der Waals surface area contributed by atoms with Crippen molar-refractivity contribution >= 4 is 17.8 Å². The highest BCUT2D eigenvalue weighted by atomic mass is 16.4. The highest BCUT2D eigenvalue weighted by Gasteiger charge is 2.43. The zero-order valence-corrected chi connectivity index (χ0v) is 6.53. The summed E-state index contributed by atoms with van der Waals surface area (Å²) in [7, 11) is 0. The largest absolute Gasteiger partial charge is 0.481 e. The molecule has 1 fully saturated rings. The number of aliphatic hydroxyl groups is 1. The van der Waals surface area contributed by atoms with Gasteiger partial charge >= 0.3 is 5.97 Å². The molecule has 1 heterocycles. The number of amides is 2. The molecule has 0 spiro atoms. The molecule has 1 aliphatic heterocycles. The highest BCUT2D eigenvalue weighted by molar-refractivity contribution is 5.97. The summed E-state index contributed by atoms with van der Waals surface area (Å²) in [5.74, 6) is -2.87. The lowest BCUT2D eigenvalue weighted by Gasteiger charge is -2.28. The SMILES string of the molecule is O=C(O)CC1(O)CC(=O)NNC1=O. The first-order valence-electron chi connectivity index (χ1n) is 3.47. The first-order chi connectivity index (χ1) is 5.94. The van der Waals surface area contributed by atoms with Crippen LogP contribution in [0.4, 0.5) is 0 Å². The molecular weight excluding hydrogens is 180 g/mol. The normalized spacial score (nSPS) is 27.8. The predicted molar refractivity (Wildman–Crippen MR) is 38.1 cm³/mol. The minimum absolute atomic E-state index is 0.537. The summed E-state index contributed by atoms with van der Waals surface area (Å²) in [6.45, 7) is 0. The molecule has 1 atom stereocenters. The fraction of sp³-hybridized carbons (Fsp3) is 0.500. The Bertz CT molecular complexity index is 272. The molecule has 0 aromatic heterocycles. The first kappa shape index (κ1) is 9.46. The quantitative estimate of drug-likeness (QED) is 0.390. The molecule has 7 heteroatoms. The van der Waals surface area contributed by atoms with E-state index in [0.29, 0.717) is 0 Å². The van der Waals surface area contributed by atoms with Crippen molar-refractivity contribution in [3.63, 3.8) is 0 Å². The molecule has 1 aliphatic rings. The van der Waals surface area contributed by atoms with Gasteiger partial charge in [0.2, 0.25) is 5.91 Å². The number of nitrogens with one attached hydrogen (secondary N) is 2. The summed E-state index contributed by atoms with van der Waals surface area (Å²) >= 11 is 0. The Morgan fingerprint density at radius 2 is 2.08 bits per heavy atom. The maximum atomic E-state index is 11.0. The lowest BCUT2D eigenvalue weighted by Crippen LogP contribution is -2.61. The molecule has 1 unspecified atom stereocenters. The average molecular weight is 188 g/mol. The maximum Gasteiger partial charge on any atom is 0.306 e. The van der Waals surface area contributed by atoms with E-state index in [2.05, 4.69) is 0 Å². The summed E-state index contributed by atoms with van der Waals surface area (Å²) in [6.07, 6.45) is -1.32. The van der Waals surface area contributed by atoms with Crippen LogP contribution in [0.25, 0.3) is 0 Å². The minimum Gasteiger partial charge on any atom is -0.481 e. The Hall–Kier alpha value is -1.63. The van der Waals surface area contributed by atoms with Gasteiger partial charge in [-0.25, -0.2) is 0 Å². The third-order valence-corrected chi connectivity index (χ3v) is 1.63. The van der Waals surface area contributed by atoms with E-state index in [9.17, 15) is 19.5 Å². The second-order valence-electron chi connectivity index (χ2n) is 2.78. The van der Waals surface area contributed by atoms with Gasteiger partial charge in [-0.15, -0.1) is 0 Å². The Labute approximate surface area is 72.7 Å². The zero-order chi connectivity index (χ0) is 10.1. The Kier molecular flexibility index (Phi) is 2.20. The molecule has 13 heavy (non-hydrogen) atoms. The van der Waals surface area contributed by atoms with E-state index in [1.165, 1.54) is 0 Å². The first-order valence-corrected chi connectivity index (χ1v) is 3.47. The fourth-order valence-corrected chi connectivity index (χ4v) is 1.03. The second kappa shape index (κ2) is 3.02. The summed E-state index contributed by atoms with van der Waals surface area (Å²) in [6, 6.07) is 0. The van der Waals surface area contributed by atoms with Crippen LogP contribution >= 0.6 is 0 Å². The lowest BCUT2D eigenvalue weighted by molar-refractivity contribution is -0.160. The fourth-order valence-electron chi connectivity index (χ4n) is 1.03. The minimum atomic E-state index is -2.13. The Balaban J connectivity index is 2.78.